The monoisotopic (exact) mass is 850 g/mol. The number of rotatable bonds is 11. The number of anilines is 2. The molecule has 328 valence electrons. The minimum Gasteiger partial charge on any atom is -0.496 e. The van der Waals surface area contributed by atoms with E-state index >= 15 is 0 Å². The number of benzene rings is 2. The Hall–Kier alpha value is -6.33. The van der Waals surface area contributed by atoms with Gasteiger partial charge in [0.1, 0.15) is 23.4 Å². The number of amides is 4. The van der Waals surface area contributed by atoms with Crippen molar-refractivity contribution in [3.8, 4) is 22.6 Å². The highest BCUT2D eigenvalue weighted by Crippen LogP contribution is 2.39. The first-order valence-corrected chi connectivity index (χ1v) is 20.9. The summed E-state index contributed by atoms with van der Waals surface area (Å²) in [5.41, 5.74) is 4.20. The fourth-order valence-corrected chi connectivity index (χ4v) is 9.03. The maximum absolute atomic E-state index is 13.4. The molecule has 1 unspecified atom stereocenters. The summed E-state index contributed by atoms with van der Waals surface area (Å²) < 4.78 is 13.6. The number of aromatic nitrogens is 2. The van der Waals surface area contributed by atoms with E-state index in [0.717, 1.165) is 115 Å². The van der Waals surface area contributed by atoms with Crippen molar-refractivity contribution in [2.75, 3.05) is 83.9 Å². The van der Waals surface area contributed by atoms with Crippen molar-refractivity contribution in [2.24, 2.45) is 13.0 Å². The van der Waals surface area contributed by atoms with Crippen LogP contribution in [0.5, 0.6) is 11.5 Å². The molecule has 4 aliphatic rings. The lowest BCUT2D eigenvalue weighted by molar-refractivity contribution is -0.136. The highest BCUT2D eigenvalue weighted by molar-refractivity contribution is 6.23. The molecule has 0 saturated carbocycles. The standard InChI is InChI=1S/C44H52N8O7.CH2O2/c1-47(2)39-23-31-33(24-45-39)42(55)48(3)25-34(31)28-20-37(58-4)35(38(21-28)59-5)26-50-14-11-27(12-15-50)10-13-49-16-18-51(19-17-49)29-6-7-30-32(22-29)44(57)52(43(30)56)36-8-9-40(53)46-41(36)54;2-1-3/h6-7,20-25,27,36H,8-19,26H2,1-5H3,(H,46,53,54);1H,(H,2,3). The maximum Gasteiger partial charge on any atom is 0.290 e. The molecule has 2 aromatic carbocycles. The van der Waals surface area contributed by atoms with Gasteiger partial charge in [-0.1, -0.05) is 0 Å². The van der Waals surface area contributed by atoms with Gasteiger partial charge in [0, 0.05) is 89.3 Å². The number of nitrogens with zero attached hydrogens (tertiary/aromatic N) is 7. The summed E-state index contributed by atoms with van der Waals surface area (Å²) in [4.78, 5) is 86.7. The second kappa shape index (κ2) is 18.7. The number of likely N-dealkylation sites (tertiary alicyclic amines) is 1. The van der Waals surface area contributed by atoms with Crippen molar-refractivity contribution in [3.63, 3.8) is 0 Å². The molecule has 0 aliphatic carbocycles. The van der Waals surface area contributed by atoms with Gasteiger partial charge in [-0.3, -0.25) is 48.8 Å². The van der Waals surface area contributed by atoms with Crippen LogP contribution in [-0.4, -0.2) is 140 Å². The average molecular weight is 851 g/mol. The topological polar surface area (TPSA) is 187 Å². The fraction of sp³-hybridized carbons (Fsp3) is 0.444. The van der Waals surface area contributed by atoms with Crippen molar-refractivity contribution < 1.29 is 38.6 Å². The van der Waals surface area contributed by atoms with Gasteiger partial charge in [0.2, 0.25) is 11.8 Å². The van der Waals surface area contributed by atoms with Crippen LogP contribution in [0.25, 0.3) is 21.9 Å². The SMILES string of the molecule is COc1cc(-c2cn(C)c(=O)c3cnc(N(C)C)cc23)cc(OC)c1CN1CCC(CCN2CCN(c3ccc4c(c3)C(=O)N(C3CCC(=O)NC3=O)C4=O)CC2)CC1.O=CO. The first-order valence-electron chi connectivity index (χ1n) is 20.9. The molecule has 8 rings (SSSR count). The molecule has 1 atom stereocenters. The van der Waals surface area contributed by atoms with Gasteiger partial charge in [0.05, 0.1) is 36.3 Å². The molecule has 4 aromatic rings. The third kappa shape index (κ3) is 8.85. The molecule has 62 heavy (non-hydrogen) atoms. The van der Waals surface area contributed by atoms with Crippen LogP contribution >= 0.6 is 0 Å². The van der Waals surface area contributed by atoms with E-state index in [4.69, 9.17) is 19.4 Å². The number of ether oxygens (including phenoxy) is 2. The molecule has 0 spiro atoms. The maximum atomic E-state index is 13.4. The van der Waals surface area contributed by atoms with E-state index in [1.54, 1.807) is 44.2 Å². The molecule has 17 heteroatoms. The number of carbonyl (C=O) groups excluding carboxylic acids is 4. The predicted octanol–water partition coefficient (Wildman–Crippen LogP) is 3.21. The first-order chi connectivity index (χ1) is 29.8. The van der Waals surface area contributed by atoms with E-state index in [9.17, 15) is 24.0 Å². The minimum absolute atomic E-state index is 0.0942. The molecule has 4 aliphatic heterocycles. The molecule has 0 radical (unpaired) electrons. The molecule has 17 nitrogen and oxygen atoms in total. The Labute approximate surface area is 359 Å². The summed E-state index contributed by atoms with van der Waals surface area (Å²) in [5, 5.41) is 10.5. The van der Waals surface area contributed by atoms with Gasteiger partial charge in [-0.2, -0.15) is 0 Å². The number of piperazine rings is 1. The molecule has 3 fully saturated rings. The number of hydrogen-bond donors (Lipinski definition) is 2. The predicted molar refractivity (Wildman–Crippen MR) is 233 cm³/mol. The van der Waals surface area contributed by atoms with Gasteiger partial charge in [0.15, 0.2) is 0 Å². The number of methoxy groups -OCH3 is 2. The molecule has 0 bridgehead atoms. The average Bonchev–Trinajstić information content (AvgIpc) is 3.52. The zero-order chi connectivity index (χ0) is 44.2. The Kier molecular flexibility index (Phi) is 13.2. The van der Waals surface area contributed by atoms with Crippen LogP contribution in [0.3, 0.4) is 0 Å². The lowest BCUT2D eigenvalue weighted by Gasteiger charge is -2.38. The Morgan fingerprint density at radius 3 is 2.13 bits per heavy atom. The summed E-state index contributed by atoms with van der Waals surface area (Å²) in [6.45, 7) is 6.90. The van der Waals surface area contributed by atoms with E-state index in [1.165, 1.54) is 0 Å². The van der Waals surface area contributed by atoms with Gasteiger partial charge in [-0.25, -0.2) is 4.98 Å². The fourth-order valence-electron chi connectivity index (χ4n) is 9.03. The molecular formula is C45H54N8O9. The van der Waals surface area contributed by atoms with Gasteiger partial charge in [0.25, 0.3) is 23.8 Å². The Bertz CT molecular complexity index is 2410. The van der Waals surface area contributed by atoms with Gasteiger partial charge in [-0.15, -0.1) is 0 Å². The Morgan fingerprint density at radius 2 is 1.50 bits per heavy atom. The summed E-state index contributed by atoms with van der Waals surface area (Å²) >= 11 is 0. The van der Waals surface area contributed by atoms with E-state index in [1.807, 2.05) is 49.5 Å². The number of carbonyl (C=O) groups is 5. The number of pyridine rings is 2. The van der Waals surface area contributed by atoms with Gasteiger partial charge < -0.3 is 28.9 Å². The number of piperidine rings is 2. The number of nitrogens with one attached hydrogen (secondary N) is 1. The minimum atomic E-state index is -0.970. The summed E-state index contributed by atoms with van der Waals surface area (Å²) in [6.07, 6.45) is 7.12. The van der Waals surface area contributed by atoms with E-state index in [0.29, 0.717) is 29.0 Å². The largest absolute Gasteiger partial charge is 0.496 e. The quantitative estimate of drug-likeness (QED) is 0.166. The summed E-state index contributed by atoms with van der Waals surface area (Å²) in [5.74, 6) is 0.947. The van der Waals surface area contributed by atoms with Crippen molar-refractivity contribution in [3.05, 3.63) is 75.8 Å². The normalized spacial score (nSPS) is 18.6. The van der Waals surface area contributed by atoms with Crippen molar-refractivity contribution in [1.82, 2.24) is 29.6 Å². The zero-order valence-corrected chi connectivity index (χ0v) is 35.9. The number of hydrogen-bond acceptors (Lipinski definition) is 13. The van der Waals surface area contributed by atoms with Crippen molar-refractivity contribution in [1.29, 1.82) is 0 Å². The lowest BCUT2D eigenvalue weighted by Crippen LogP contribution is -2.54. The second-order valence-electron chi connectivity index (χ2n) is 16.4. The number of aryl methyl sites for hydroxylation is 1. The van der Waals surface area contributed by atoms with Crippen LogP contribution < -0.4 is 30.1 Å². The van der Waals surface area contributed by atoms with Gasteiger partial charge in [-0.05, 0) is 93.2 Å². The number of imide groups is 2. The van der Waals surface area contributed by atoms with E-state index in [2.05, 4.69) is 25.0 Å². The van der Waals surface area contributed by atoms with Crippen molar-refractivity contribution in [2.45, 2.75) is 44.7 Å². The molecule has 6 heterocycles. The van der Waals surface area contributed by atoms with Crippen molar-refractivity contribution >= 4 is 52.4 Å². The molecule has 2 aromatic heterocycles. The summed E-state index contributed by atoms with van der Waals surface area (Å²) in [7, 11) is 9.00. The van der Waals surface area contributed by atoms with Crippen LogP contribution in [0, 0.1) is 5.92 Å². The number of fused-ring (bicyclic) bond motifs is 2. The molecule has 2 N–H and O–H groups in total. The molecule has 3 saturated heterocycles. The first kappa shape index (κ1) is 43.7. The third-order valence-electron chi connectivity index (χ3n) is 12.5. The van der Waals surface area contributed by atoms with Gasteiger partial charge >= 0.3 is 0 Å². The molecule has 4 amide bonds. The van der Waals surface area contributed by atoms with E-state index in [-0.39, 0.29) is 30.8 Å². The zero-order valence-electron chi connectivity index (χ0n) is 35.9. The molecular weight excluding hydrogens is 797 g/mol. The highest BCUT2D eigenvalue weighted by atomic mass is 16.5. The van der Waals surface area contributed by atoms with Crippen LogP contribution in [0.2, 0.25) is 0 Å². The van der Waals surface area contributed by atoms with Crippen LogP contribution in [0.4, 0.5) is 11.5 Å². The lowest BCUT2D eigenvalue weighted by atomic mass is 9.92. The van der Waals surface area contributed by atoms with E-state index < -0.39 is 23.8 Å². The second-order valence-corrected chi connectivity index (χ2v) is 16.4. The third-order valence-corrected chi connectivity index (χ3v) is 12.5. The Morgan fingerprint density at radius 1 is 0.839 bits per heavy atom. The number of carboxylic acid groups (broad SMARTS) is 1. The Balaban J connectivity index is 0.00000187. The van der Waals surface area contributed by atoms with Crippen LogP contribution in [-0.2, 0) is 28.0 Å². The van der Waals surface area contributed by atoms with Crippen LogP contribution in [0.1, 0.15) is 58.4 Å². The van der Waals surface area contributed by atoms with Crippen LogP contribution in [0.15, 0.2) is 53.6 Å². The smallest absolute Gasteiger partial charge is 0.290 e. The highest BCUT2D eigenvalue weighted by Gasteiger charge is 2.45. The summed E-state index contributed by atoms with van der Waals surface area (Å²) in [6, 6.07) is 10.4.